The quantitative estimate of drug-likeness (QED) is 0.471. The van der Waals surface area contributed by atoms with Crippen molar-refractivity contribution in [3.05, 3.63) is 29.3 Å². The van der Waals surface area contributed by atoms with Crippen molar-refractivity contribution < 1.29 is 18.7 Å². The van der Waals surface area contributed by atoms with Crippen molar-refractivity contribution >= 4 is 15.0 Å². The fourth-order valence-corrected chi connectivity index (χ4v) is 2.61. The van der Waals surface area contributed by atoms with Gasteiger partial charge in [-0.05, 0) is 30.1 Å². The van der Waals surface area contributed by atoms with Crippen molar-refractivity contribution in [1.29, 1.82) is 0 Å². The predicted octanol–water partition coefficient (Wildman–Crippen LogP) is 3.82. The van der Waals surface area contributed by atoms with Gasteiger partial charge in [0, 0.05) is 12.5 Å². The van der Waals surface area contributed by atoms with E-state index >= 15 is 0 Å². The maximum absolute atomic E-state index is 11.3. The normalized spacial score (nSPS) is 13.1. The molecular weight excluding hydrogens is 284 g/mol. The van der Waals surface area contributed by atoms with E-state index in [1.54, 1.807) is 7.11 Å². The maximum Gasteiger partial charge on any atom is 0.305 e. The fraction of sp³-hybridized carbons (Fsp3) is 0.562. The fourth-order valence-electron chi connectivity index (χ4n) is 2.00. The second kappa shape index (κ2) is 7.09. The first-order chi connectivity index (χ1) is 9.65. The van der Waals surface area contributed by atoms with Crippen LogP contribution in [0.3, 0.4) is 0 Å². The van der Waals surface area contributed by atoms with Gasteiger partial charge in [0.1, 0.15) is 5.75 Å². The average Bonchev–Trinajstić information content (AvgIpc) is 2.35. The zero-order valence-electron chi connectivity index (χ0n) is 13.9. The Hall–Kier alpha value is -1.33. The summed E-state index contributed by atoms with van der Waals surface area (Å²) in [6.45, 7) is 11.8. The van der Waals surface area contributed by atoms with E-state index in [-0.39, 0.29) is 11.4 Å². The molecule has 0 spiro atoms. The Labute approximate surface area is 129 Å². The lowest BCUT2D eigenvalue weighted by Gasteiger charge is -2.25. The number of carbonyl (C=O) groups is 1. The van der Waals surface area contributed by atoms with Crippen LogP contribution in [-0.4, -0.2) is 22.1 Å². The third kappa shape index (κ3) is 5.17. The Morgan fingerprint density at radius 1 is 1.24 bits per heavy atom. The molecule has 0 aromatic heterocycles. The molecule has 21 heavy (non-hydrogen) atoms. The molecule has 117 valence electrons. The molecule has 1 atom stereocenters. The van der Waals surface area contributed by atoms with E-state index in [2.05, 4.69) is 20.8 Å². The summed E-state index contributed by atoms with van der Waals surface area (Å²) >= 11 is 0. The van der Waals surface area contributed by atoms with Gasteiger partial charge in [0.05, 0.1) is 7.11 Å². The number of esters is 1. The van der Waals surface area contributed by atoms with Crippen LogP contribution >= 0.6 is 0 Å². The highest BCUT2D eigenvalue weighted by molar-refractivity contribution is 6.48. The lowest BCUT2D eigenvalue weighted by Crippen LogP contribution is -2.19. The maximum atomic E-state index is 11.3. The molecule has 0 aliphatic heterocycles. The Morgan fingerprint density at radius 2 is 1.86 bits per heavy atom. The summed E-state index contributed by atoms with van der Waals surface area (Å²) in [7, 11) is 0.643. The standard InChI is InChI=1S/C16H25O4Si/c1-11(17)19-15(20-21(6)7)12-8-9-13(16(2,3)4)14(10-12)18-5/h8-10,15H,1-7H3. The van der Waals surface area contributed by atoms with Crippen LogP contribution in [0.2, 0.25) is 13.1 Å². The molecule has 0 saturated heterocycles. The minimum Gasteiger partial charge on any atom is -0.496 e. The van der Waals surface area contributed by atoms with Crippen LogP contribution in [0.4, 0.5) is 0 Å². The molecule has 1 radical (unpaired) electrons. The van der Waals surface area contributed by atoms with E-state index in [4.69, 9.17) is 13.9 Å². The zero-order valence-corrected chi connectivity index (χ0v) is 14.9. The molecule has 1 aromatic rings. The summed E-state index contributed by atoms with van der Waals surface area (Å²) in [5.41, 5.74) is 1.88. The summed E-state index contributed by atoms with van der Waals surface area (Å²) < 4.78 is 16.5. The predicted molar refractivity (Wildman–Crippen MR) is 84.8 cm³/mol. The van der Waals surface area contributed by atoms with Crippen molar-refractivity contribution in [2.75, 3.05) is 7.11 Å². The van der Waals surface area contributed by atoms with E-state index < -0.39 is 15.3 Å². The summed E-state index contributed by atoms with van der Waals surface area (Å²) in [5, 5.41) is 0. The largest absolute Gasteiger partial charge is 0.496 e. The van der Waals surface area contributed by atoms with Gasteiger partial charge >= 0.3 is 5.97 Å². The van der Waals surface area contributed by atoms with Crippen LogP contribution in [0.25, 0.3) is 0 Å². The highest BCUT2D eigenvalue weighted by atomic mass is 28.3. The average molecular weight is 309 g/mol. The van der Waals surface area contributed by atoms with Crippen LogP contribution in [-0.2, 0) is 19.4 Å². The number of carbonyl (C=O) groups excluding carboxylic acids is 1. The molecule has 0 aliphatic carbocycles. The monoisotopic (exact) mass is 309 g/mol. The zero-order chi connectivity index (χ0) is 16.2. The van der Waals surface area contributed by atoms with E-state index in [1.165, 1.54) is 6.92 Å². The molecule has 0 amide bonds. The van der Waals surface area contributed by atoms with Crippen molar-refractivity contribution in [2.24, 2.45) is 0 Å². The lowest BCUT2D eigenvalue weighted by molar-refractivity contribution is -0.162. The van der Waals surface area contributed by atoms with Crippen LogP contribution in [0.1, 0.15) is 45.1 Å². The third-order valence-corrected chi connectivity index (χ3v) is 3.61. The summed E-state index contributed by atoms with van der Waals surface area (Å²) in [6, 6.07) is 5.83. The van der Waals surface area contributed by atoms with E-state index in [9.17, 15) is 4.79 Å². The first-order valence-electron chi connectivity index (χ1n) is 6.97. The van der Waals surface area contributed by atoms with Crippen molar-refractivity contribution in [2.45, 2.75) is 52.5 Å². The van der Waals surface area contributed by atoms with Crippen molar-refractivity contribution in [3.8, 4) is 5.75 Å². The van der Waals surface area contributed by atoms with Crippen LogP contribution < -0.4 is 4.74 Å². The van der Waals surface area contributed by atoms with Crippen LogP contribution in [0.15, 0.2) is 18.2 Å². The highest BCUT2D eigenvalue weighted by Gasteiger charge is 2.23. The minimum atomic E-state index is -1.00. The van der Waals surface area contributed by atoms with E-state index in [0.29, 0.717) is 0 Å². The third-order valence-electron chi connectivity index (χ3n) is 2.92. The van der Waals surface area contributed by atoms with Crippen molar-refractivity contribution in [3.63, 3.8) is 0 Å². The van der Waals surface area contributed by atoms with Gasteiger partial charge in [0.2, 0.25) is 15.3 Å². The number of methoxy groups -OCH3 is 1. The topological polar surface area (TPSA) is 44.8 Å². The number of hydrogen-bond donors (Lipinski definition) is 0. The molecule has 0 fully saturated rings. The Bertz CT molecular complexity index is 492. The highest BCUT2D eigenvalue weighted by Crippen LogP contribution is 2.34. The second-order valence-electron chi connectivity index (χ2n) is 6.18. The number of hydrogen-bond acceptors (Lipinski definition) is 4. The van der Waals surface area contributed by atoms with Crippen molar-refractivity contribution in [1.82, 2.24) is 0 Å². The van der Waals surface area contributed by atoms with E-state index in [0.717, 1.165) is 16.9 Å². The first kappa shape index (κ1) is 17.7. The van der Waals surface area contributed by atoms with Gasteiger partial charge in [-0.2, -0.15) is 0 Å². The molecule has 4 nitrogen and oxygen atoms in total. The summed E-state index contributed by atoms with van der Waals surface area (Å²) in [4.78, 5) is 11.3. The number of rotatable bonds is 5. The molecule has 1 aromatic carbocycles. The molecule has 1 rings (SSSR count). The Morgan fingerprint density at radius 3 is 2.29 bits per heavy atom. The molecule has 1 unspecified atom stereocenters. The molecule has 0 N–H and O–H groups in total. The smallest absolute Gasteiger partial charge is 0.305 e. The van der Waals surface area contributed by atoms with Crippen LogP contribution in [0, 0.1) is 0 Å². The van der Waals surface area contributed by atoms with Gasteiger partial charge < -0.3 is 13.9 Å². The molecule has 0 bridgehead atoms. The van der Waals surface area contributed by atoms with Crippen LogP contribution in [0.5, 0.6) is 5.75 Å². The molecule has 0 heterocycles. The van der Waals surface area contributed by atoms with E-state index in [1.807, 2.05) is 31.3 Å². The minimum absolute atomic E-state index is 0.0217. The molecular formula is C16H25O4Si. The molecule has 0 saturated carbocycles. The van der Waals surface area contributed by atoms with Gasteiger partial charge in [-0.1, -0.05) is 32.9 Å². The first-order valence-corrected chi connectivity index (χ1v) is 9.38. The van der Waals surface area contributed by atoms with Gasteiger partial charge in [0.25, 0.3) is 0 Å². The number of ether oxygens (including phenoxy) is 2. The van der Waals surface area contributed by atoms with Gasteiger partial charge in [-0.25, -0.2) is 0 Å². The van der Waals surface area contributed by atoms with Gasteiger partial charge in [-0.3, -0.25) is 4.79 Å². The summed E-state index contributed by atoms with van der Waals surface area (Å²) in [6.07, 6.45) is -0.672. The SMILES string of the molecule is COc1cc(C(OC(C)=O)O[Si](C)C)ccc1C(C)(C)C. The molecule has 5 heteroatoms. The second-order valence-corrected chi connectivity index (χ2v) is 8.23. The molecule has 0 aliphatic rings. The van der Waals surface area contributed by atoms with Gasteiger partial charge in [0.15, 0.2) is 0 Å². The van der Waals surface area contributed by atoms with Gasteiger partial charge in [-0.15, -0.1) is 0 Å². The summed E-state index contributed by atoms with van der Waals surface area (Å²) in [5.74, 6) is 0.420. The lowest BCUT2D eigenvalue weighted by atomic mass is 9.86. The Kier molecular flexibility index (Phi) is 5.98. The number of benzene rings is 1. The Balaban J connectivity index is 3.18.